The molecule has 1 aliphatic rings. The summed E-state index contributed by atoms with van der Waals surface area (Å²) in [6.07, 6.45) is 0.891. The predicted octanol–water partition coefficient (Wildman–Crippen LogP) is 3.31. The SMILES string of the molecule is Cc1cc(C)cc(N2CCC(C(=O)Nc3cccc(CCC(=O)O)c3)C2=O)c1. The van der Waals surface area contributed by atoms with E-state index in [0.717, 1.165) is 22.4 Å². The second kappa shape index (κ2) is 8.25. The van der Waals surface area contributed by atoms with Crippen molar-refractivity contribution in [3.8, 4) is 0 Å². The van der Waals surface area contributed by atoms with Crippen molar-refractivity contribution >= 4 is 29.2 Å². The van der Waals surface area contributed by atoms with Crippen LogP contribution >= 0.6 is 0 Å². The first kappa shape index (κ1) is 19.6. The summed E-state index contributed by atoms with van der Waals surface area (Å²) in [6, 6.07) is 13.0. The van der Waals surface area contributed by atoms with E-state index in [-0.39, 0.29) is 18.2 Å². The Morgan fingerprint density at radius 1 is 1.14 bits per heavy atom. The summed E-state index contributed by atoms with van der Waals surface area (Å²) >= 11 is 0. The maximum Gasteiger partial charge on any atom is 0.303 e. The third kappa shape index (κ3) is 4.57. The van der Waals surface area contributed by atoms with Gasteiger partial charge in [0.2, 0.25) is 11.8 Å². The molecule has 0 spiro atoms. The van der Waals surface area contributed by atoms with Gasteiger partial charge in [0.15, 0.2) is 0 Å². The summed E-state index contributed by atoms with van der Waals surface area (Å²) in [4.78, 5) is 37.9. The Morgan fingerprint density at radius 2 is 1.86 bits per heavy atom. The number of aryl methyl sites for hydroxylation is 3. The second-order valence-electron chi connectivity index (χ2n) is 7.26. The van der Waals surface area contributed by atoms with Gasteiger partial charge in [0, 0.05) is 24.3 Å². The minimum absolute atomic E-state index is 0.0311. The van der Waals surface area contributed by atoms with Gasteiger partial charge in [-0.25, -0.2) is 0 Å². The van der Waals surface area contributed by atoms with E-state index in [2.05, 4.69) is 5.32 Å². The Morgan fingerprint density at radius 3 is 2.54 bits per heavy atom. The van der Waals surface area contributed by atoms with Crippen molar-refractivity contribution < 1.29 is 19.5 Å². The molecule has 6 heteroatoms. The fourth-order valence-electron chi connectivity index (χ4n) is 3.57. The number of rotatable bonds is 6. The summed E-state index contributed by atoms with van der Waals surface area (Å²) in [5.74, 6) is -2.10. The zero-order valence-electron chi connectivity index (χ0n) is 16.1. The van der Waals surface area contributed by atoms with Gasteiger partial charge < -0.3 is 15.3 Å². The van der Waals surface area contributed by atoms with Crippen molar-refractivity contribution in [2.24, 2.45) is 5.92 Å². The van der Waals surface area contributed by atoms with Crippen LogP contribution in [0.2, 0.25) is 0 Å². The quantitative estimate of drug-likeness (QED) is 0.753. The topological polar surface area (TPSA) is 86.7 Å². The molecule has 0 aliphatic carbocycles. The molecule has 1 aliphatic heterocycles. The smallest absolute Gasteiger partial charge is 0.303 e. The average Bonchev–Trinajstić information content (AvgIpc) is 3.01. The van der Waals surface area contributed by atoms with Crippen molar-refractivity contribution in [2.45, 2.75) is 33.1 Å². The van der Waals surface area contributed by atoms with Crippen LogP contribution in [-0.2, 0) is 20.8 Å². The molecule has 0 aromatic heterocycles. The minimum Gasteiger partial charge on any atom is -0.481 e. The maximum absolute atomic E-state index is 12.8. The van der Waals surface area contributed by atoms with Gasteiger partial charge >= 0.3 is 5.97 Å². The van der Waals surface area contributed by atoms with E-state index in [0.29, 0.717) is 25.1 Å². The number of carbonyl (C=O) groups excluding carboxylic acids is 2. The number of carbonyl (C=O) groups is 3. The first-order valence-electron chi connectivity index (χ1n) is 9.35. The number of nitrogens with one attached hydrogen (secondary N) is 1. The zero-order chi connectivity index (χ0) is 20.3. The summed E-state index contributed by atoms with van der Waals surface area (Å²) in [5.41, 5.74) is 4.39. The molecule has 6 nitrogen and oxygen atoms in total. The number of carboxylic acid groups (broad SMARTS) is 1. The molecule has 2 aromatic carbocycles. The van der Waals surface area contributed by atoms with Gasteiger partial charge in [0.25, 0.3) is 0 Å². The van der Waals surface area contributed by atoms with Crippen LogP contribution in [0.15, 0.2) is 42.5 Å². The van der Waals surface area contributed by atoms with E-state index in [1.54, 1.807) is 23.1 Å². The molecule has 1 unspecified atom stereocenters. The highest BCUT2D eigenvalue weighted by atomic mass is 16.4. The van der Waals surface area contributed by atoms with E-state index >= 15 is 0 Å². The fraction of sp³-hybridized carbons (Fsp3) is 0.318. The number of hydrogen-bond donors (Lipinski definition) is 2. The summed E-state index contributed by atoms with van der Waals surface area (Å²) in [7, 11) is 0. The molecule has 28 heavy (non-hydrogen) atoms. The largest absolute Gasteiger partial charge is 0.481 e. The molecule has 1 atom stereocenters. The van der Waals surface area contributed by atoms with E-state index < -0.39 is 11.9 Å². The highest BCUT2D eigenvalue weighted by Gasteiger charge is 2.37. The van der Waals surface area contributed by atoms with Crippen molar-refractivity contribution in [2.75, 3.05) is 16.8 Å². The van der Waals surface area contributed by atoms with Crippen LogP contribution in [0.1, 0.15) is 29.5 Å². The average molecular weight is 380 g/mol. The minimum atomic E-state index is -0.863. The van der Waals surface area contributed by atoms with E-state index in [4.69, 9.17) is 5.11 Å². The van der Waals surface area contributed by atoms with Crippen molar-refractivity contribution in [3.05, 3.63) is 59.2 Å². The molecule has 2 amide bonds. The van der Waals surface area contributed by atoms with Crippen molar-refractivity contribution in [1.29, 1.82) is 0 Å². The Kier molecular flexibility index (Phi) is 5.78. The number of amides is 2. The van der Waals surface area contributed by atoms with E-state index in [1.807, 2.05) is 38.1 Å². The van der Waals surface area contributed by atoms with Crippen LogP contribution in [0.5, 0.6) is 0 Å². The molecule has 2 N–H and O–H groups in total. The van der Waals surface area contributed by atoms with Crippen LogP contribution in [0.4, 0.5) is 11.4 Å². The molecular weight excluding hydrogens is 356 g/mol. The van der Waals surface area contributed by atoms with Crippen LogP contribution in [-0.4, -0.2) is 29.4 Å². The normalized spacial score (nSPS) is 16.3. The lowest BCUT2D eigenvalue weighted by atomic mass is 10.1. The van der Waals surface area contributed by atoms with Gasteiger partial charge in [-0.2, -0.15) is 0 Å². The van der Waals surface area contributed by atoms with Crippen LogP contribution in [0, 0.1) is 19.8 Å². The van der Waals surface area contributed by atoms with Crippen molar-refractivity contribution in [3.63, 3.8) is 0 Å². The standard InChI is InChI=1S/C22H24N2O4/c1-14-10-15(2)12-18(11-14)24-9-8-19(22(24)28)21(27)23-17-5-3-4-16(13-17)6-7-20(25)26/h3-5,10-13,19H,6-9H2,1-2H3,(H,23,27)(H,25,26). The van der Waals surface area contributed by atoms with Gasteiger partial charge in [-0.1, -0.05) is 18.2 Å². The molecule has 1 fully saturated rings. The van der Waals surface area contributed by atoms with Gasteiger partial charge in [0.1, 0.15) is 5.92 Å². The van der Waals surface area contributed by atoms with E-state index in [1.165, 1.54) is 0 Å². The summed E-state index contributed by atoms with van der Waals surface area (Å²) in [5, 5.41) is 11.6. The Hall–Kier alpha value is -3.15. The molecule has 0 radical (unpaired) electrons. The number of hydrogen-bond acceptors (Lipinski definition) is 3. The third-order valence-corrected chi connectivity index (χ3v) is 4.86. The highest BCUT2D eigenvalue weighted by Crippen LogP contribution is 2.28. The van der Waals surface area contributed by atoms with E-state index in [9.17, 15) is 14.4 Å². The zero-order valence-corrected chi connectivity index (χ0v) is 16.1. The van der Waals surface area contributed by atoms with Gasteiger partial charge in [-0.05, 0) is 67.6 Å². The Bertz CT molecular complexity index is 902. The third-order valence-electron chi connectivity index (χ3n) is 4.86. The fourth-order valence-corrected chi connectivity index (χ4v) is 3.57. The first-order valence-corrected chi connectivity index (χ1v) is 9.35. The molecule has 0 saturated carbocycles. The number of anilines is 2. The highest BCUT2D eigenvalue weighted by molar-refractivity contribution is 6.13. The first-order chi connectivity index (χ1) is 13.3. The summed E-state index contributed by atoms with van der Waals surface area (Å²) in [6.45, 7) is 4.48. The van der Waals surface area contributed by atoms with Gasteiger partial charge in [0.05, 0.1) is 0 Å². The number of carboxylic acids is 1. The predicted molar refractivity (Wildman–Crippen MR) is 107 cm³/mol. The van der Waals surface area contributed by atoms with Gasteiger partial charge in [-0.15, -0.1) is 0 Å². The Labute approximate surface area is 164 Å². The lowest BCUT2D eigenvalue weighted by Gasteiger charge is -2.18. The Balaban J connectivity index is 1.68. The number of aliphatic carboxylic acids is 1. The van der Waals surface area contributed by atoms with Crippen LogP contribution in [0.25, 0.3) is 0 Å². The van der Waals surface area contributed by atoms with Crippen molar-refractivity contribution in [1.82, 2.24) is 0 Å². The molecule has 1 saturated heterocycles. The monoisotopic (exact) mass is 380 g/mol. The summed E-state index contributed by atoms with van der Waals surface area (Å²) < 4.78 is 0. The maximum atomic E-state index is 12.8. The lowest BCUT2D eigenvalue weighted by molar-refractivity contribution is -0.137. The second-order valence-corrected chi connectivity index (χ2v) is 7.26. The molecule has 146 valence electrons. The molecular formula is C22H24N2O4. The molecule has 0 bridgehead atoms. The molecule has 3 rings (SSSR count). The molecule has 1 heterocycles. The molecule has 2 aromatic rings. The number of benzene rings is 2. The van der Waals surface area contributed by atoms with Crippen LogP contribution in [0.3, 0.4) is 0 Å². The van der Waals surface area contributed by atoms with Gasteiger partial charge in [-0.3, -0.25) is 14.4 Å². The number of nitrogens with zero attached hydrogens (tertiary/aromatic N) is 1. The lowest BCUT2D eigenvalue weighted by Crippen LogP contribution is -2.33. The van der Waals surface area contributed by atoms with Crippen LogP contribution < -0.4 is 10.2 Å².